The van der Waals surface area contributed by atoms with Crippen molar-refractivity contribution in [3.63, 3.8) is 0 Å². The van der Waals surface area contributed by atoms with Crippen LogP contribution in [0, 0.1) is 11.3 Å². The van der Waals surface area contributed by atoms with Crippen LogP contribution in [0.2, 0.25) is 0 Å². The van der Waals surface area contributed by atoms with Crippen molar-refractivity contribution in [2.45, 2.75) is 82.4 Å². The van der Waals surface area contributed by atoms with Crippen molar-refractivity contribution in [2.75, 3.05) is 19.6 Å². The standard InChI is InChI=1S/C31H42N6O8S/c1-20(38)45-37(24-12-13-24)28(40)26(35-46(42,43)25-14-11-22-9-5-6-10-23(22)16-25)17-27(39)33-18-21-8-7-15-36(19-21)29(32)34-30(41)44-31(2,3)4/h5-6,9-11,14,16,21,24,26,35H,7-8,12-13,15,17-19H2,1-4H3,(H,33,39)(H2,32,34,41)/t21?,26-/m0/s1. The number of ether oxygens (including phenoxy) is 1. The van der Waals surface area contributed by atoms with E-state index in [0.29, 0.717) is 37.7 Å². The Hall–Kier alpha value is -4.24. The second-order valence-electron chi connectivity index (χ2n) is 12.6. The minimum Gasteiger partial charge on any atom is -0.444 e. The molecule has 1 saturated carbocycles. The van der Waals surface area contributed by atoms with E-state index in [1.54, 1.807) is 43.9 Å². The summed E-state index contributed by atoms with van der Waals surface area (Å²) in [6.45, 7) is 7.43. The summed E-state index contributed by atoms with van der Waals surface area (Å²) in [4.78, 5) is 57.3. The number of alkyl carbamates (subject to hydrolysis) is 1. The molecule has 1 aliphatic heterocycles. The van der Waals surface area contributed by atoms with Crippen LogP contribution in [0.15, 0.2) is 47.4 Å². The number of amides is 3. The summed E-state index contributed by atoms with van der Waals surface area (Å²) < 4.78 is 34.5. The molecule has 46 heavy (non-hydrogen) atoms. The van der Waals surface area contributed by atoms with E-state index in [0.717, 1.165) is 23.8 Å². The Bertz CT molecular complexity index is 1590. The van der Waals surface area contributed by atoms with Gasteiger partial charge in [0.25, 0.3) is 5.91 Å². The number of nitrogens with zero attached hydrogens (tertiary/aromatic N) is 2. The van der Waals surface area contributed by atoms with E-state index >= 15 is 0 Å². The van der Waals surface area contributed by atoms with Crippen molar-refractivity contribution in [2.24, 2.45) is 5.92 Å². The lowest BCUT2D eigenvalue weighted by atomic mass is 9.98. The summed E-state index contributed by atoms with van der Waals surface area (Å²) in [5.74, 6) is -2.36. The molecule has 2 aromatic carbocycles. The third kappa shape index (κ3) is 9.88. The van der Waals surface area contributed by atoms with Gasteiger partial charge in [0.15, 0.2) is 0 Å². The molecule has 0 aromatic heterocycles. The summed E-state index contributed by atoms with van der Waals surface area (Å²) in [7, 11) is -4.28. The topological polar surface area (TPSA) is 187 Å². The van der Waals surface area contributed by atoms with Crippen molar-refractivity contribution < 1.29 is 37.2 Å². The van der Waals surface area contributed by atoms with Gasteiger partial charge in [0.1, 0.15) is 11.6 Å². The van der Waals surface area contributed by atoms with Crippen LogP contribution in [0.1, 0.15) is 59.8 Å². The normalized spacial score (nSPS) is 17.5. The van der Waals surface area contributed by atoms with E-state index < -0.39 is 58.0 Å². The SMILES string of the molecule is CC(=O)ON(C(=O)[C@H](CC(=O)NCC1CCCN(C(=N)NC(=O)OC(C)(C)C)C1)NS(=O)(=O)c1ccc2ccccc2c1)C1CC1. The van der Waals surface area contributed by atoms with Gasteiger partial charge in [-0.05, 0) is 75.3 Å². The number of rotatable bonds is 9. The first-order chi connectivity index (χ1) is 21.6. The fraction of sp³-hybridized carbons (Fsp3) is 0.516. The number of benzene rings is 2. The van der Waals surface area contributed by atoms with E-state index in [9.17, 15) is 27.6 Å². The van der Waals surface area contributed by atoms with Gasteiger partial charge in [0.05, 0.1) is 17.4 Å². The Kier molecular flexibility index (Phi) is 10.9. The Morgan fingerprint density at radius 2 is 1.76 bits per heavy atom. The fourth-order valence-electron chi connectivity index (χ4n) is 5.10. The molecule has 0 spiro atoms. The van der Waals surface area contributed by atoms with Crippen molar-refractivity contribution in [1.29, 1.82) is 5.41 Å². The molecule has 4 rings (SSSR count). The number of guanidine groups is 1. The zero-order valence-corrected chi connectivity index (χ0v) is 27.3. The van der Waals surface area contributed by atoms with E-state index in [1.165, 1.54) is 12.1 Å². The number of carbonyl (C=O) groups is 4. The molecule has 2 atom stereocenters. The molecule has 1 aliphatic carbocycles. The lowest BCUT2D eigenvalue weighted by molar-refractivity contribution is -0.200. The Morgan fingerprint density at radius 1 is 1.07 bits per heavy atom. The molecule has 0 bridgehead atoms. The van der Waals surface area contributed by atoms with Gasteiger partial charge in [0, 0.05) is 26.6 Å². The van der Waals surface area contributed by atoms with Crippen LogP contribution in [0.25, 0.3) is 10.8 Å². The molecule has 0 radical (unpaired) electrons. The van der Waals surface area contributed by atoms with Crippen LogP contribution in [0.4, 0.5) is 4.79 Å². The minimum absolute atomic E-state index is 0.0778. The first-order valence-electron chi connectivity index (χ1n) is 15.2. The van der Waals surface area contributed by atoms with Gasteiger partial charge < -0.3 is 19.8 Å². The van der Waals surface area contributed by atoms with Gasteiger partial charge in [-0.2, -0.15) is 9.79 Å². The van der Waals surface area contributed by atoms with Crippen LogP contribution in [-0.2, 0) is 34.0 Å². The first-order valence-corrected chi connectivity index (χ1v) is 16.7. The predicted octanol–water partition coefficient (Wildman–Crippen LogP) is 2.63. The molecule has 250 valence electrons. The van der Waals surface area contributed by atoms with Gasteiger partial charge in [-0.15, -0.1) is 0 Å². The average molecular weight is 659 g/mol. The second kappa shape index (κ2) is 14.5. The number of nitrogens with one attached hydrogen (secondary N) is 4. The van der Waals surface area contributed by atoms with E-state index in [4.69, 9.17) is 15.0 Å². The van der Waals surface area contributed by atoms with Crippen LogP contribution in [0.3, 0.4) is 0 Å². The maximum atomic E-state index is 13.6. The molecule has 4 N–H and O–H groups in total. The van der Waals surface area contributed by atoms with E-state index in [-0.39, 0.29) is 23.3 Å². The second-order valence-corrected chi connectivity index (χ2v) is 14.3. The predicted molar refractivity (Wildman–Crippen MR) is 169 cm³/mol. The molecule has 2 aromatic rings. The van der Waals surface area contributed by atoms with Crippen LogP contribution >= 0.6 is 0 Å². The number of hydrogen-bond donors (Lipinski definition) is 4. The van der Waals surface area contributed by atoms with E-state index in [2.05, 4.69) is 15.4 Å². The highest BCUT2D eigenvalue weighted by Crippen LogP contribution is 2.28. The molecular formula is C31H42N6O8S. The molecule has 1 unspecified atom stereocenters. The Morgan fingerprint density at radius 3 is 2.41 bits per heavy atom. The molecule has 2 fully saturated rings. The molecule has 1 heterocycles. The van der Waals surface area contributed by atoms with Crippen LogP contribution in [-0.4, -0.2) is 85.5 Å². The van der Waals surface area contributed by atoms with Crippen molar-refractivity contribution in [1.82, 2.24) is 25.3 Å². The van der Waals surface area contributed by atoms with Crippen LogP contribution < -0.4 is 15.4 Å². The number of fused-ring (bicyclic) bond motifs is 1. The number of piperidine rings is 1. The quantitative estimate of drug-likeness (QED) is 0.178. The first kappa shape index (κ1) is 34.6. The third-order valence-electron chi connectivity index (χ3n) is 7.38. The van der Waals surface area contributed by atoms with Gasteiger partial charge in [-0.3, -0.25) is 25.1 Å². The summed E-state index contributed by atoms with van der Waals surface area (Å²) in [6, 6.07) is 9.82. The minimum atomic E-state index is -4.28. The zero-order chi connectivity index (χ0) is 33.6. The van der Waals surface area contributed by atoms with Gasteiger partial charge in [0.2, 0.25) is 21.9 Å². The van der Waals surface area contributed by atoms with Gasteiger partial charge >= 0.3 is 12.1 Å². The number of likely N-dealkylation sites (tertiary alicyclic amines) is 1. The number of hydrogen-bond acceptors (Lipinski definition) is 9. The van der Waals surface area contributed by atoms with Crippen molar-refractivity contribution in [3.05, 3.63) is 42.5 Å². The fourth-order valence-corrected chi connectivity index (χ4v) is 6.32. The highest BCUT2D eigenvalue weighted by Gasteiger charge is 2.41. The maximum absolute atomic E-state index is 13.6. The molecule has 1 saturated heterocycles. The molecule has 15 heteroatoms. The van der Waals surface area contributed by atoms with Crippen molar-refractivity contribution in [3.8, 4) is 0 Å². The number of hydroxylamine groups is 2. The Labute approximate surface area is 268 Å². The number of sulfonamides is 1. The highest BCUT2D eigenvalue weighted by atomic mass is 32.2. The van der Waals surface area contributed by atoms with Crippen molar-refractivity contribution >= 4 is 50.6 Å². The molecule has 3 amide bonds. The average Bonchev–Trinajstić information content (AvgIpc) is 3.82. The largest absolute Gasteiger partial charge is 0.444 e. The van der Waals surface area contributed by atoms with Gasteiger partial charge in [-0.25, -0.2) is 13.2 Å². The lowest BCUT2D eigenvalue weighted by Crippen LogP contribution is -2.52. The molecule has 2 aliphatic rings. The summed E-state index contributed by atoms with van der Waals surface area (Å²) in [5.41, 5.74) is -0.712. The van der Waals surface area contributed by atoms with E-state index in [1.807, 2.05) is 12.1 Å². The third-order valence-corrected chi connectivity index (χ3v) is 8.85. The Balaban J connectivity index is 1.42. The zero-order valence-electron chi connectivity index (χ0n) is 26.5. The smallest absolute Gasteiger partial charge is 0.414 e. The monoisotopic (exact) mass is 658 g/mol. The van der Waals surface area contributed by atoms with Crippen LogP contribution in [0.5, 0.6) is 0 Å². The maximum Gasteiger partial charge on any atom is 0.414 e. The molecular weight excluding hydrogens is 616 g/mol. The summed E-state index contributed by atoms with van der Waals surface area (Å²) >= 11 is 0. The summed E-state index contributed by atoms with van der Waals surface area (Å²) in [6.07, 6.45) is 1.34. The lowest BCUT2D eigenvalue weighted by Gasteiger charge is -2.34. The molecule has 14 nitrogen and oxygen atoms in total. The highest BCUT2D eigenvalue weighted by molar-refractivity contribution is 7.89. The summed E-state index contributed by atoms with van der Waals surface area (Å²) in [5, 5.41) is 15.9. The number of carbonyl (C=O) groups excluding carboxylic acids is 4. The van der Waals surface area contributed by atoms with Gasteiger partial charge in [-0.1, -0.05) is 30.3 Å².